The van der Waals surface area contributed by atoms with Crippen LogP contribution in [0.1, 0.15) is 53.0 Å². The maximum atomic E-state index is 12.9. The van der Waals surface area contributed by atoms with Crippen molar-refractivity contribution in [3.05, 3.63) is 41.0 Å². The van der Waals surface area contributed by atoms with Crippen LogP contribution in [-0.2, 0) is 19.8 Å². The summed E-state index contributed by atoms with van der Waals surface area (Å²) in [5.41, 5.74) is 6.20. The number of hydrogen-bond donors (Lipinski definition) is 1. The Hall–Kier alpha value is -2.63. The topological polar surface area (TPSA) is 75.7 Å². The number of ether oxygens (including phenoxy) is 1. The van der Waals surface area contributed by atoms with Crippen LogP contribution in [0.2, 0.25) is 0 Å². The summed E-state index contributed by atoms with van der Waals surface area (Å²) in [4.78, 5) is 38.2. The minimum absolute atomic E-state index is 0.0369. The molecule has 4 atom stereocenters. The van der Waals surface area contributed by atoms with Gasteiger partial charge in [-0.3, -0.25) is 19.8 Å². The summed E-state index contributed by atoms with van der Waals surface area (Å²) in [6.07, 6.45) is 1.89. The number of fused-ring (bicyclic) bond motifs is 5. The Morgan fingerprint density at radius 1 is 1.03 bits per heavy atom. The largest absolute Gasteiger partial charge is 0.484 e. The number of hydrogen-bond acceptors (Lipinski definition) is 4. The minimum Gasteiger partial charge on any atom is -0.484 e. The van der Waals surface area contributed by atoms with Gasteiger partial charge in [-0.05, 0) is 61.6 Å². The molecule has 0 unspecified atom stereocenters. The quantitative estimate of drug-likeness (QED) is 0.610. The fourth-order valence-electron chi connectivity index (χ4n) is 5.46. The van der Waals surface area contributed by atoms with Crippen molar-refractivity contribution < 1.29 is 19.1 Å². The lowest BCUT2D eigenvalue weighted by atomic mass is 9.81. The molecule has 3 aliphatic rings. The van der Waals surface area contributed by atoms with E-state index in [9.17, 15) is 14.4 Å². The zero-order chi connectivity index (χ0) is 21.8. The van der Waals surface area contributed by atoms with Crippen molar-refractivity contribution in [1.82, 2.24) is 10.4 Å². The van der Waals surface area contributed by atoms with Gasteiger partial charge in [0.15, 0.2) is 6.61 Å². The molecule has 2 saturated carbocycles. The maximum Gasteiger partial charge on any atom is 0.276 e. The highest BCUT2D eigenvalue weighted by atomic mass is 16.5. The second kappa shape index (κ2) is 7.25. The molecule has 1 saturated heterocycles. The summed E-state index contributed by atoms with van der Waals surface area (Å²) >= 11 is 0. The van der Waals surface area contributed by atoms with Gasteiger partial charge in [0.2, 0.25) is 0 Å². The minimum atomic E-state index is -0.508. The molecule has 160 valence electrons. The number of rotatable bonds is 4. The first-order chi connectivity index (χ1) is 14.1. The molecule has 1 N–H and O–H groups in total. The maximum absolute atomic E-state index is 12.9. The zero-order valence-electron chi connectivity index (χ0n) is 18.3. The molecular formula is C24H30N2O4. The Kier molecular flexibility index (Phi) is 4.99. The molecule has 6 heteroatoms. The lowest BCUT2D eigenvalue weighted by Gasteiger charge is -2.20. The third-order valence-electron chi connectivity index (χ3n) is 6.76. The van der Waals surface area contributed by atoms with Crippen LogP contribution in [-0.4, -0.2) is 29.3 Å². The van der Waals surface area contributed by atoms with Gasteiger partial charge in [-0.15, -0.1) is 0 Å². The molecule has 30 heavy (non-hydrogen) atoms. The summed E-state index contributed by atoms with van der Waals surface area (Å²) in [6.45, 7) is 10.2. The number of carbonyl (C=O) groups excluding carboxylic acids is 3. The van der Waals surface area contributed by atoms with E-state index in [0.29, 0.717) is 5.75 Å². The molecule has 2 bridgehead atoms. The fourth-order valence-corrected chi connectivity index (χ4v) is 5.46. The Morgan fingerprint density at radius 3 is 2.03 bits per heavy atom. The van der Waals surface area contributed by atoms with Gasteiger partial charge in [-0.2, -0.15) is 5.01 Å². The van der Waals surface area contributed by atoms with Crippen LogP contribution in [0, 0.1) is 23.7 Å². The first-order valence-corrected chi connectivity index (χ1v) is 10.7. The number of benzene rings is 1. The molecule has 2 aliphatic carbocycles. The normalized spacial score (nSPS) is 27.5. The second-order valence-corrected chi connectivity index (χ2v) is 9.91. The summed E-state index contributed by atoms with van der Waals surface area (Å²) in [5, 5.41) is 0.941. The van der Waals surface area contributed by atoms with Gasteiger partial charge in [0.05, 0.1) is 11.8 Å². The first-order valence-electron chi connectivity index (χ1n) is 10.7. The summed E-state index contributed by atoms with van der Waals surface area (Å²) in [6, 6.07) is 7.59. The van der Waals surface area contributed by atoms with E-state index in [1.54, 1.807) is 0 Å². The molecule has 0 spiro atoms. The molecular weight excluding hydrogens is 380 g/mol. The molecule has 1 aromatic rings. The average Bonchev–Trinajstić information content (AvgIpc) is 3.32. The Bertz CT molecular complexity index is 890. The molecule has 0 aromatic heterocycles. The van der Waals surface area contributed by atoms with E-state index in [1.165, 1.54) is 16.7 Å². The van der Waals surface area contributed by atoms with E-state index in [4.69, 9.17) is 4.74 Å². The third kappa shape index (κ3) is 3.32. The Labute approximate surface area is 177 Å². The van der Waals surface area contributed by atoms with Crippen LogP contribution in [0.15, 0.2) is 35.4 Å². The number of imide groups is 1. The molecule has 1 aliphatic heterocycles. The summed E-state index contributed by atoms with van der Waals surface area (Å²) in [7, 11) is 0. The van der Waals surface area contributed by atoms with Crippen molar-refractivity contribution in [3.8, 4) is 5.75 Å². The van der Waals surface area contributed by atoms with E-state index >= 15 is 0 Å². The monoisotopic (exact) mass is 410 g/mol. The number of hydrazine groups is 1. The third-order valence-corrected chi connectivity index (χ3v) is 6.76. The van der Waals surface area contributed by atoms with Crippen molar-refractivity contribution in [3.63, 3.8) is 0 Å². The summed E-state index contributed by atoms with van der Waals surface area (Å²) in [5.74, 6) is -0.870. The molecule has 1 aromatic carbocycles. The van der Waals surface area contributed by atoms with Gasteiger partial charge in [-0.25, -0.2) is 0 Å². The van der Waals surface area contributed by atoms with Crippen molar-refractivity contribution in [2.45, 2.75) is 52.9 Å². The van der Waals surface area contributed by atoms with Crippen LogP contribution in [0.25, 0.3) is 0 Å². The first kappa shape index (κ1) is 20.6. The number of allylic oxidation sites excluding steroid dienone is 2. The lowest BCUT2D eigenvalue weighted by molar-refractivity contribution is -0.150. The van der Waals surface area contributed by atoms with Crippen molar-refractivity contribution in [1.29, 1.82) is 0 Å². The van der Waals surface area contributed by atoms with Gasteiger partial charge < -0.3 is 4.74 Å². The highest BCUT2D eigenvalue weighted by molar-refractivity contribution is 6.07. The van der Waals surface area contributed by atoms with Crippen LogP contribution < -0.4 is 10.2 Å². The second-order valence-electron chi connectivity index (χ2n) is 9.91. The van der Waals surface area contributed by atoms with E-state index < -0.39 is 5.91 Å². The highest BCUT2D eigenvalue weighted by Gasteiger charge is 2.63. The van der Waals surface area contributed by atoms with E-state index in [-0.39, 0.29) is 47.5 Å². The Morgan fingerprint density at radius 2 is 1.57 bits per heavy atom. The molecule has 6 nitrogen and oxygen atoms in total. The highest BCUT2D eigenvalue weighted by Crippen LogP contribution is 2.59. The summed E-state index contributed by atoms with van der Waals surface area (Å²) < 4.78 is 5.54. The van der Waals surface area contributed by atoms with Gasteiger partial charge in [0, 0.05) is 0 Å². The molecule has 1 heterocycles. The van der Waals surface area contributed by atoms with Crippen LogP contribution in [0.5, 0.6) is 5.75 Å². The fraction of sp³-hybridized carbons (Fsp3) is 0.542. The van der Waals surface area contributed by atoms with Crippen LogP contribution in [0.3, 0.4) is 0 Å². The van der Waals surface area contributed by atoms with E-state index in [1.807, 2.05) is 24.3 Å². The van der Waals surface area contributed by atoms with E-state index in [0.717, 1.165) is 17.9 Å². The van der Waals surface area contributed by atoms with Crippen LogP contribution >= 0.6 is 0 Å². The lowest BCUT2D eigenvalue weighted by Crippen LogP contribution is -2.49. The van der Waals surface area contributed by atoms with Crippen molar-refractivity contribution >= 4 is 17.7 Å². The van der Waals surface area contributed by atoms with Crippen molar-refractivity contribution in [2.24, 2.45) is 23.7 Å². The predicted octanol–water partition coefficient (Wildman–Crippen LogP) is 3.37. The Balaban J connectivity index is 1.38. The van der Waals surface area contributed by atoms with Gasteiger partial charge >= 0.3 is 0 Å². The molecule has 3 amide bonds. The van der Waals surface area contributed by atoms with E-state index in [2.05, 4.69) is 40.0 Å². The molecule has 4 rings (SSSR count). The van der Waals surface area contributed by atoms with Gasteiger partial charge in [0.1, 0.15) is 5.75 Å². The smallest absolute Gasteiger partial charge is 0.276 e. The molecule has 0 radical (unpaired) electrons. The van der Waals surface area contributed by atoms with Gasteiger partial charge in [0.25, 0.3) is 17.7 Å². The number of nitrogens with one attached hydrogen (secondary N) is 1. The predicted molar refractivity (Wildman–Crippen MR) is 112 cm³/mol. The average molecular weight is 411 g/mol. The zero-order valence-corrected chi connectivity index (χ0v) is 18.3. The molecule has 3 fully saturated rings. The van der Waals surface area contributed by atoms with Crippen LogP contribution in [0.4, 0.5) is 0 Å². The number of amides is 3. The van der Waals surface area contributed by atoms with Crippen molar-refractivity contribution in [2.75, 3.05) is 6.61 Å². The SMILES string of the molecule is CC(C)=C1[C@H]2CC[C@H]1[C@H]1C(=O)N(NC(=O)COc3ccc(C(C)(C)C)cc3)C(=O)[C@H]12. The standard InChI is InChI=1S/C24H30N2O4/c1-13(2)19-16-10-11-17(19)21-20(16)22(28)26(23(21)29)25-18(27)12-30-15-8-6-14(7-9-15)24(3,4)5/h6-9,16-17,20-21H,10-12H2,1-5H3,(H,25,27)/t16-,17-,20-,21+/m1/s1. The number of carbonyl (C=O) groups is 3. The number of nitrogens with zero attached hydrogens (tertiary/aromatic N) is 1. The van der Waals surface area contributed by atoms with Gasteiger partial charge in [-0.1, -0.05) is 44.1 Å².